The first-order valence-corrected chi connectivity index (χ1v) is 4.88. The highest BCUT2D eigenvalue weighted by Gasteiger charge is 2.58. The van der Waals surface area contributed by atoms with Crippen LogP contribution < -0.4 is 0 Å². The number of rotatable bonds is 3. The number of hydrogen-bond donors (Lipinski definition) is 0. The average Bonchev–Trinajstić information content (AvgIpc) is 2.25. The van der Waals surface area contributed by atoms with Crippen molar-refractivity contribution in [3.8, 4) is 0 Å². The number of allylic oxidation sites excluding steroid dienone is 1. The monoisotopic (exact) mass is 264 g/mol. The topological polar surface area (TPSA) is 17.1 Å². The molecule has 0 fully saturated rings. The van der Waals surface area contributed by atoms with Gasteiger partial charge < -0.3 is 0 Å². The molecule has 18 heavy (non-hydrogen) atoms. The minimum absolute atomic E-state index is 0.250. The van der Waals surface area contributed by atoms with Crippen LogP contribution in [0.3, 0.4) is 0 Å². The third-order valence-corrected chi connectivity index (χ3v) is 2.14. The predicted molar refractivity (Wildman–Crippen MR) is 56.1 cm³/mol. The smallest absolute Gasteiger partial charge is 0.295 e. The van der Waals surface area contributed by atoms with E-state index in [1.54, 1.807) is 0 Å². The highest BCUT2D eigenvalue weighted by molar-refractivity contribution is 5.91. The molecular weight excluding hydrogens is 255 g/mol. The molecule has 0 bridgehead atoms. The fourth-order valence-corrected chi connectivity index (χ4v) is 1.18. The number of benzene rings is 1. The highest BCUT2D eigenvalue weighted by Crippen LogP contribution is 2.43. The second-order valence-electron chi connectivity index (χ2n) is 3.64. The van der Waals surface area contributed by atoms with Crippen LogP contribution in [0, 0.1) is 0 Å². The van der Waals surface area contributed by atoms with Crippen molar-refractivity contribution >= 4 is 11.9 Å². The van der Waals surface area contributed by atoms with Crippen LogP contribution in [0.1, 0.15) is 18.1 Å². The van der Waals surface area contributed by atoms with E-state index < -0.39 is 17.7 Å². The lowest BCUT2D eigenvalue weighted by Gasteiger charge is -2.19. The lowest BCUT2D eigenvalue weighted by Crippen LogP contribution is -2.33. The van der Waals surface area contributed by atoms with Gasteiger partial charge in [-0.1, -0.05) is 30.3 Å². The minimum atomic E-state index is -5.62. The van der Waals surface area contributed by atoms with Crippen LogP contribution in [-0.2, 0) is 10.7 Å². The molecule has 0 aromatic heterocycles. The fraction of sp³-hybridized carbons (Fsp3) is 0.250. The first-order valence-electron chi connectivity index (χ1n) is 4.88. The summed E-state index contributed by atoms with van der Waals surface area (Å²) in [5, 5.41) is 0. The van der Waals surface area contributed by atoms with Crippen LogP contribution >= 0.6 is 0 Å². The average molecular weight is 264 g/mol. The maximum absolute atomic E-state index is 12.9. The van der Waals surface area contributed by atoms with Crippen LogP contribution in [0.2, 0.25) is 0 Å². The van der Waals surface area contributed by atoms with Crippen molar-refractivity contribution in [2.75, 3.05) is 0 Å². The first-order chi connectivity index (χ1) is 8.14. The van der Waals surface area contributed by atoms with E-state index in [4.69, 9.17) is 0 Å². The van der Waals surface area contributed by atoms with Crippen LogP contribution in [-0.4, -0.2) is 12.0 Å². The van der Waals surface area contributed by atoms with Crippen molar-refractivity contribution in [2.45, 2.75) is 19.0 Å². The summed E-state index contributed by atoms with van der Waals surface area (Å²) in [5.74, 6) is -5.13. The molecule has 0 saturated carbocycles. The van der Waals surface area contributed by atoms with Gasteiger partial charge in [0, 0.05) is 5.56 Å². The Morgan fingerprint density at radius 2 is 1.56 bits per heavy atom. The standard InChI is InChI=1S/C12H9F5O/c1-8(18)2-3-9-4-6-10(7-5-9)11(13,14)12(15,16)17/h2-7H,1H3/b3-2+. The Bertz CT molecular complexity index is 456. The Balaban J connectivity index is 3.00. The van der Waals surface area contributed by atoms with E-state index in [1.165, 1.54) is 19.1 Å². The van der Waals surface area contributed by atoms with E-state index in [2.05, 4.69) is 0 Å². The van der Waals surface area contributed by atoms with Gasteiger partial charge in [0.15, 0.2) is 5.78 Å². The number of hydrogen-bond acceptors (Lipinski definition) is 1. The lowest BCUT2D eigenvalue weighted by atomic mass is 10.1. The lowest BCUT2D eigenvalue weighted by molar-refractivity contribution is -0.289. The van der Waals surface area contributed by atoms with Crippen LogP contribution in [0.15, 0.2) is 30.3 Å². The summed E-state index contributed by atoms with van der Waals surface area (Å²) in [4.78, 5) is 10.6. The van der Waals surface area contributed by atoms with Gasteiger partial charge in [0.2, 0.25) is 0 Å². The molecule has 0 saturated heterocycles. The normalized spacial score (nSPS) is 13.0. The number of alkyl halides is 5. The number of halogens is 5. The Morgan fingerprint density at radius 3 is 1.94 bits per heavy atom. The Kier molecular flexibility index (Phi) is 3.88. The summed E-state index contributed by atoms with van der Waals surface area (Å²) in [6, 6.07) is 3.56. The molecule has 0 radical (unpaired) electrons. The Hall–Kier alpha value is -1.72. The van der Waals surface area contributed by atoms with Crippen LogP contribution in [0.4, 0.5) is 22.0 Å². The highest BCUT2D eigenvalue weighted by atomic mass is 19.4. The SMILES string of the molecule is CC(=O)/C=C/c1ccc(C(F)(F)C(F)(F)F)cc1. The predicted octanol–water partition coefficient (Wildman–Crippen LogP) is 3.94. The van der Waals surface area contributed by atoms with Crippen molar-refractivity contribution < 1.29 is 26.7 Å². The van der Waals surface area contributed by atoms with E-state index in [9.17, 15) is 26.7 Å². The molecule has 0 unspecified atom stereocenters. The van der Waals surface area contributed by atoms with Gasteiger partial charge >= 0.3 is 12.1 Å². The maximum Gasteiger partial charge on any atom is 0.458 e. The second kappa shape index (κ2) is 4.88. The summed E-state index contributed by atoms with van der Waals surface area (Å²) in [7, 11) is 0. The van der Waals surface area contributed by atoms with Gasteiger partial charge in [-0.2, -0.15) is 22.0 Å². The third kappa shape index (κ3) is 3.15. The molecule has 0 aliphatic carbocycles. The number of ketones is 1. The minimum Gasteiger partial charge on any atom is -0.295 e. The van der Waals surface area contributed by atoms with Gasteiger partial charge in [0.05, 0.1) is 0 Å². The molecule has 0 aliphatic heterocycles. The first kappa shape index (κ1) is 14.3. The molecule has 1 aromatic carbocycles. The van der Waals surface area contributed by atoms with Crippen molar-refractivity contribution in [2.24, 2.45) is 0 Å². The zero-order chi connectivity index (χ0) is 14.0. The molecule has 1 aromatic rings. The van der Waals surface area contributed by atoms with Gasteiger partial charge in [0.25, 0.3) is 0 Å². The van der Waals surface area contributed by atoms with E-state index in [0.717, 1.165) is 12.1 Å². The van der Waals surface area contributed by atoms with E-state index >= 15 is 0 Å². The largest absolute Gasteiger partial charge is 0.458 e. The molecule has 6 heteroatoms. The Morgan fingerprint density at radius 1 is 1.06 bits per heavy atom. The van der Waals surface area contributed by atoms with Crippen molar-refractivity contribution in [3.63, 3.8) is 0 Å². The van der Waals surface area contributed by atoms with Gasteiger partial charge in [0.1, 0.15) is 0 Å². The zero-order valence-corrected chi connectivity index (χ0v) is 9.26. The van der Waals surface area contributed by atoms with Crippen molar-refractivity contribution in [1.29, 1.82) is 0 Å². The summed E-state index contributed by atoms with van der Waals surface area (Å²) in [5.41, 5.74) is -0.762. The van der Waals surface area contributed by atoms with Crippen LogP contribution in [0.25, 0.3) is 6.08 Å². The Labute approximate surface area is 99.9 Å². The van der Waals surface area contributed by atoms with Gasteiger partial charge in [-0.05, 0) is 18.6 Å². The van der Waals surface area contributed by atoms with E-state index in [-0.39, 0.29) is 5.78 Å². The van der Waals surface area contributed by atoms with Crippen molar-refractivity contribution in [1.82, 2.24) is 0 Å². The number of carbonyl (C=O) groups is 1. The van der Waals surface area contributed by atoms with Crippen LogP contribution in [0.5, 0.6) is 0 Å². The quantitative estimate of drug-likeness (QED) is 0.597. The fourth-order valence-electron chi connectivity index (χ4n) is 1.18. The molecule has 1 nitrogen and oxygen atoms in total. The van der Waals surface area contributed by atoms with Gasteiger partial charge in [-0.15, -0.1) is 0 Å². The molecular formula is C12H9F5O. The molecule has 0 spiro atoms. The molecule has 0 atom stereocenters. The number of carbonyl (C=O) groups excluding carboxylic acids is 1. The second-order valence-corrected chi connectivity index (χ2v) is 3.64. The molecule has 0 amide bonds. The third-order valence-electron chi connectivity index (χ3n) is 2.14. The molecule has 0 aliphatic rings. The van der Waals surface area contributed by atoms with Crippen molar-refractivity contribution in [3.05, 3.63) is 41.5 Å². The summed E-state index contributed by atoms with van der Waals surface area (Å²) >= 11 is 0. The molecule has 0 heterocycles. The van der Waals surface area contributed by atoms with Gasteiger partial charge in [-0.3, -0.25) is 4.79 Å². The summed E-state index contributed by atoms with van der Waals surface area (Å²) in [6.45, 7) is 1.29. The summed E-state index contributed by atoms with van der Waals surface area (Å²) in [6.07, 6.45) is -3.10. The molecule has 1 rings (SSSR count). The zero-order valence-electron chi connectivity index (χ0n) is 9.26. The molecule has 0 N–H and O–H groups in total. The molecule has 98 valence electrons. The summed E-state index contributed by atoms with van der Waals surface area (Å²) < 4.78 is 62.0. The van der Waals surface area contributed by atoms with E-state index in [0.29, 0.717) is 17.7 Å². The maximum atomic E-state index is 12.9. The van der Waals surface area contributed by atoms with Gasteiger partial charge in [-0.25, -0.2) is 0 Å². The van der Waals surface area contributed by atoms with E-state index in [1.807, 2.05) is 0 Å².